The molecule has 120 valence electrons. The highest BCUT2D eigenvalue weighted by Gasteiger charge is 2.08. The number of nitrogens with one attached hydrogen (secondary N) is 1. The van der Waals surface area contributed by atoms with E-state index < -0.39 is 5.91 Å². The third-order valence-electron chi connectivity index (χ3n) is 2.92. The molecular weight excluding hydrogens is 284 g/mol. The Balaban J connectivity index is 2.71. The zero-order valence-corrected chi connectivity index (χ0v) is 13.1. The number of amides is 2. The van der Waals surface area contributed by atoms with E-state index in [9.17, 15) is 9.59 Å². The summed E-state index contributed by atoms with van der Waals surface area (Å²) in [6.45, 7) is 3.92. The highest BCUT2D eigenvalue weighted by atomic mass is 16.5. The van der Waals surface area contributed by atoms with Crippen LogP contribution in [0.15, 0.2) is 29.8 Å². The molecule has 1 aromatic carbocycles. The Morgan fingerprint density at radius 3 is 2.64 bits per heavy atom. The van der Waals surface area contributed by atoms with Crippen LogP contribution in [0.1, 0.15) is 25.8 Å². The number of methoxy groups -OCH3 is 1. The van der Waals surface area contributed by atoms with Gasteiger partial charge in [-0.15, -0.1) is 0 Å². The predicted molar refractivity (Wildman–Crippen MR) is 83.6 cm³/mol. The lowest BCUT2D eigenvalue weighted by atomic mass is 10.2. The number of ether oxygens (including phenoxy) is 2. The van der Waals surface area contributed by atoms with E-state index in [-0.39, 0.29) is 12.5 Å². The minimum absolute atomic E-state index is 0.102. The van der Waals surface area contributed by atoms with Crippen LogP contribution in [0.2, 0.25) is 0 Å². The van der Waals surface area contributed by atoms with Crippen LogP contribution >= 0.6 is 0 Å². The Hall–Kier alpha value is -2.50. The van der Waals surface area contributed by atoms with Gasteiger partial charge in [0.15, 0.2) is 18.1 Å². The number of rotatable bonds is 8. The zero-order chi connectivity index (χ0) is 16.5. The first-order chi connectivity index (χ1) is 10.5. The molecule has 0 saturated heterocycles. The molecule has 0 spiro atoms. The second-order valence-corrected chi connectivity index (χ2v) is 4.72. The summed E-state index contributed by atoms with van der Waals surface area (Å²) >= 11 is 0. The van der Waals surface area contributed by atoms with E-state index in [0.29, 0.717) is 23.6 Å². The molecule has 0 saturated carbocycles. The molecule has 0 heterocycles. The molecule has 0 bridgehead atoms. The molecule has 22 heavy (non-hydrogen) atoms. The van der Waals surface area contributed by atoms with Crippen molar-refractivity contribution < 1.29 is 19.1 Å². The molecule has 6 nitrogen and oxygen atoms in total. The Labute approximate surface area is 130 Å². The van der Waals surface area contributed by atoms with Gasteiger partial charge >= 0.3 is 0 Å². The minimum atomic E-state index is -0.559. The summed E-state index contributed by atoms with van der Waals surface area (Å²) in [5.41, 5.74) is 6.59. The maximum absolute atomic E-state index is 11.8. The largest absolute Gasteiger partial charge is 0.493 e. The first-order valence-corrected chi connectivity index (χ1v) is 7.00. The molecule has 1 aromatic rings. The monoisotopic (exact) mass is 306 g/mol. The van der Waals surface area contributed by atoms with Gasteiger partial charge in [0.1, 0.15) is 0 Å². The number of hydrogen-bond donors (Lipinski definition) is 2. The first-order valence-electron chi connectivity index (χ1n) is 7.00. The highest BCUT2D eigenvalue weighted by Crippen LogP contribution is 2.27. The smallest absolute Gasteiger partial charge is 0.255 e. The van der Waals surface area contributed by atoms with Crippen molar-refractivity contribution >= 4 is 11.8 Å². The molecule has 1 rings (SSSR count). The molecular formula is C16H22N2O4. The second kappa shape index (κ2) is 8.71. The van der Waals surface area contributed by atoms with Gasteiger partial charge in [-0.05, 0) is 31.0 Å². The molecule has 0 aromatic heterocycles. The van der Waals surface area contributed by atoms with Gasteiger partial charge in [0, 0.05) is 12.1 Å². The number of benzene rings is 1. The lowest BCUT2D eigenvalue weighted by Gasteiger charge is -2.12. The van der Waals surface area contributed by atoms with Crippen molar-refractivity contribution in [3.8, 4) is 11.5 Å². The van der Waals surface area contributed by atoms with Crippen LogP contribution in [-0.4, -0.2) is 25.5 Å². The van der Waals surface area contributed by atoms with Crippen LogP contribution in [0.25, 0.3) is 0 Å². The maximum atomic E-state index is 11.8. The summed E-state index contributed by atoms with van der Waals surface area (Å²) in [7, 11) is 1.50. The minimum Gasteiger partial charge on any atom is -0.493 e. The summed E-state index contributed by atoms with van der Waals surface area (Å²) in [5.74, 6) is 0.249. The average molecular weight is 306 g/mol. The molecule has 0 aliphatic carbocycles. The second-order valence-electron chi connectivity index (χ2n) is 4.72. The standard InChI is InChI=1S/C16H22N2O4/c1-4-5-11(2)16(20)18-9-12-6-7-13(14(8-12)21-3)22-10-15(17)19/h5-8H,4,9-10H2,1-3H3,(H2,17,19)(H,18,20)/b11-5+. The average Bonchev–Trinajstić information content (AvgIpc) is 2.50. The van der Waals surface area contributed by atoms with Gasteiger partial charge < -0.3 is 20.5 Å². The van der Waals surface area contributed by atoms with Gasteiger partial charge in [-0.25, -0.2) is 0 Å². The molecule has 0 radical (unpaired) electrons. The van der Waals surface area contributed by atoms with Gasteiger partial charge in [0.05, 0.1) is 7.11 Å². The molecule has 0 aliphatic rings. The topological polar surface area (TPSA) is 90.6 Å². The molecule has 2 amide bonds. The fourth-order valence-electron chi connectivity index (χ4n) is 1.81. The van der Waals surface area contributed by atoms with Gasteiger partial charge in [-0.2, -0.15) is 0 Å². The normalized spacial score (nSPS) is 11.0. The Kier molecular flexibility index (Phi) is 6.95. The van der Waals surface area contributed by atoms with E-state index in [2.05, 4.69) is 5.32 Å². The fourth-order valence-corrected chi connectivity index (χ4v) is 1.81. The summed E-state index contributed by atoms with van der Waals surface area (Å²) in [6.07, 6.45) is 2.69. The molecule has 0 fully saturated rings. The van der Waals surface area contributed by atoms with Crippen LogP contribution in [-0.2, 0) is 16.1 Å². The number of carbonyl (C=O) groups excluding carboxylic acids is 2. The highest BCUT2D eigenvalue weighted by molar-refractivity contribution is 5.92. The first kappa shape index (κ1) is 17.6. The van der Waals surface area contributed by atoms with E-state index in [0.717, 1.165) is 12.0 Å². The van der Waals surface area contributed by atoms with Gasteiger partial charge in [-0.3, -0.25) is 9.59 Å². The number of primary amides is 1. The van der Waals surface area contributed by atoms with Crippen molar-refractivity contribution in [1.29, 1.82) is 0 Å². The number of hydrogen-bond acceptors (Lipinski definition) is 4. The molecule has 6 heteroatoms. The summed E-state index contributed by atoms with van der Waals surface area (Å²) < 4.78 is 10.5. The zero-order valence-electron chi connectivity index (χ0n) is 13.1. The Bertz CT molecular complexity index is 567. The van der Waals surface area contributed by atoms with Crippen molar-refractivity contribution in [2.24, 2.45) is 5.73 Å². The van der Waals surface area contributed by atoms with Crippen LogP contribution in [0.3, 0.4) is 0 Å². The van der Waals surface area contributed by atoms with Crippen molar-refractivity contribution in [2.45, 2.75) is 26.8 Å². The number of nitrogens with two attached hydrogens (primary N) is 1. The van der Waals surface area contributed by atoms with E-state index in [4.69, 9.17) is 15.2 Å². The van der Waals surface area contributed by atoms with E-state index in [1.54, 1.807) is 25.1 Å². The van der Waals surface area contributed by atoms with Gasteiger partial charge in [-0.1, -0.05) is 19.1 Å². The molecule has 3 N–H and O–H groups in total. The lowest BCUT2D eigenvalue weighted by Crippen LogP contribution is -2.23. The molecule has 0 aliphatic heterocycles. The van der Waals surface area contributed by atoms with Gasteiger partial charge in [0.2, 0.25) is 5.91 Å². The molecule has 0 unspecified atom stereocenters. The van der Waals surface area contributed by atoms with E-state index in [1.165, 1.54) is 7.11 Å². The van der Waals surface area contributed by atoms with Crippen LogP contribution in [0, 0.1) is 0 Å². The van der Waals surface area contributed by atoms with Crippen molar-refractivity contribution in [3.63, 3.8) is 0 Å². The molecule has 0 atom stereocenters. The predicted octanol–water partition coefficient (Wildman–Crippen LogP) is 1.53. The van der Waals surface area contributed by atoms with E-state index >= 15 is 0 Å². The van der Waals surface area contributed by atoms with Crippen LogP contribution < -0.4 is 20.5 Å². The maximum Gasteiger partial charge on any atom is 0.255 e. The van der Waals surface area contributed by atoms with E-state index in [1.807, 2.05) is 13.0 Å². The van der Waals surface area contributed by atoms with Gasteiger partial charge in [0.25, 0.3) is 5.91 Å². The van der Waals surface area contributed by atoms with Crippen LogP contribution in [0.5, 0.6) is 11.5 Å². The fraction of sp³-hybridized carbons (Fsp3) is 0.375. The third-order valence-corrected chi connectivity index (χ3v) is 2.92. The van der Waals surface area contributed by atoms with Crippen molar-refractivity contribution in [3.05, 3.63) is 35.4 Å². The summed E-state index contributed by atoms with van der Waals surface area (Å²) in [4.78, 5) is 22.6. The third kappa shape index (κ3) is 5.47. The summed E-state index contributed by atoms with van der Waals surface area (Å²) in [5, 5.41) is 2.83. The Morgan fingerprint density at radius 2 is 2.05 bits per heavy atom. The summed E-state index contributed by atoms with van der Waals surface area (Å²) in [6, 6.07) is 5.21. The Morgan fingerprint density at radius 1 is 1.32 bits per heavy atom. The SMILES string of the molecule is CC/C=C(\C)C(=O)NCc1ccc(OCC(N)=O)c(OC)c1. The number of allylic oxidation sites excluding steroid dienone is 1. The van der Waals surface area contributed by atoms with Crippen molar-refractivity contribution in [1.82, 2.24) is 5.32 Å². The lowest BCUT2D eigenvalue weighted by molar-refractivity contribution is -0.120. The van der Waals surface area contributed by atoms with Crippen LogP contribution in [0.4, 0.5) is 0 Å². The number of carbonyl (C=O) groups is 2. The quantitative estimate of drug-likeness (QED) is 0.713. The van der Waals surface area contributed by atoms with Crippen molar-refractivity contribution in [2.75, 3.05) is 13.7 Å².